The molecule has 2 heterocycles. The minimum atomic E-state index is 0.200. The van der Waals surface area contributed by atoms with Gasteiger partial charge < -0.3 is 14.8 Å². The standard InChI is InChI=1S/C22H27NO2/c1-3-12-24-17-9-7-16(8-10-17)21-18-5-4-13-25-22(18)19-14-15(2)6-11-20(19)23-21/h6-11,14,18,21-23H,3-5,12-13H2,1-2H3/t18-,21+,22-/m0/s1. The quantitative estimate of drug-likeness (QED) is 0.808. The summed E-state index contributed by atoms with van der Waals surface area (Å²) in [5, 5.41) is 3.78. The first-order valence-corrected chi connectivity index (χ1v) is 9.47. The van der Waals surface area contributed by atoms with E-state index in [0.717, 1.165) is 31.8 Å². The van der Waals surface area contributed by atoms with Gasteiger partial charge in [-0.2, -0.15) is 0 Å². The van der Waals surface area contributed by atoms with Gasteiger partial charge in [0.2, 0.25) is 0 Å². The fourth-order valence-electron chi connectivity index (χ4n) is 4.11. The summed E-state index contributed by atoms with van der Waals surface area (Å²) in [6.07, 6.45) is 3.57. The first-order valence-electron chi connectivity index (χ1n) is 9.47. The molecule has 0 bridgehead atoms. The molecule has 1 saturated heterocycles. The number of fused-ring (bicyclic) bond motifs is 3. The minimum absolute atomic E-state index is 0.200. The molecule has 2 aromatic carbocycles. The Bertz CT molecular complexity index is 725. The highest BCUT2D eigenvalue weighted by Gasteiger charge is 2.39. The van der Waals surface area contributed by atoms with Crippen LogP contribution in [0.1, 0.15) is 55.0 Å². The number of nitrogens with one attached hydrogen (secondary N) is 1. The molecular formula is C22H27NO2. The van der Waals surface area contributed by atoms with Gasteiger partial charge in [-0.1, -0.05) is 36.8 Å². The SMILES string of the molecule is CCCOc1ccc([C@H]2Nc3ccc(C)cc3[C@H]3OCCC[C@@H]23)cc1. The van der Waals surface area contributed by atoms with E-state index in [1.165, 1.54) is 28.8 Å². The average Bonchev–Trinajstić information content (AvgIpc) is 2.66. The number of benzene rings is 2. The van der Waals surface area contributed by atoms with Crippen molar-refractivity contribution >= 4 is 5.69 Å². The Labute approximate surface area is 150 Å². The van der Waals surface area contributed by atoms with E-state index in [9.17, 15) is 0 Å². The van der Waals surface area contributed by atoms with Crippen LogP contribution in [0.15, 0.2) is 42.5 Å². The van der Waals surface area contributed by atoms with Crippen LogP contribution >= 0.6 is 0 Å². The molecule has 0 aromatic heterocycles. The lowest BCUT2D eigenvalue weighted by Gasteiger charge is -2.43. The Morgan fingerprint density at radius 2 is 2.00 bits per heavy atom. The Hall–Kier alpha value is -2.00. The Morgan fingerprint density at radius 1 is 1.16 bits per heavy atom. The summed E-state index contributed by atoms with van der Waals surface area (Å²) in [5.74, 6) is 1.43. The Kier molecular flexibility index (Phi) is 4.67. The summed E-state index contributed by atoms with van der Waals surface area (Å²) in [5.41, 5.74) is 5.15. The van der Waals surface area contributed by atoms with Crippen molar-refractivity contribution in [2.75, 3.05) is 18.5 Å². The molecule has 2 aliphatic heterocycles. The van der Waals surface area contributed by atoms with Crippen LogP contribution in [0.5, 0.6) is 5.75 Å². The predicted octanol–water partition coefficient (Wildman–Crippen LogP) is 5.42. The van der Waals surface area contributed by atoms with E-state index in [4.69, 9.17) is 9.47 Å². The number of hydrogen-bond donors (Lipinski definition) is 1. The topological polar surface area (TPSA) is 30.5 Å². The fourth-order valence-corrected chi connectivity index (χ4v) is 4.11. The highest BCUT2D eigenvalue weighted by Crippen LogP contribution is 2.49. The van der Waals surface area contributed by atoms with Crippen molar-refractivity contribution in [1.82, 2.24) is 0 Å². The van der Waals surface area contributed by atoms with Gasteiger partial charge in [0.05, 0.1) is 18.8 Å². The van der Waals surface area contributed by atoms with Crippen molar-refractivity contribution in [3.63, 3.8) is 0 Å². The predicted molar refractivity (Wildman–Crippen MR) is 101 cm³/mol. The van der Waals surface area contributed by atoms with E-state index in [0.29, 0.717) is 12.0 Å². The summed E-state index contributed by atoms with van der Waals surface area (Å²) in [6.45, 7) is 5.92. The maximum absolute atomic E-state index is 6.23. The zero-order valence-corrected chi connectivity index (χ0v) is 15.1. The lowest BCUT2D eigenvalue weighted by Crippen LogP contribution is -2.36. The van der Waals surface area contributed by atoms with Gasteiger partial charge in [-0.15, -0.1) is 0 Å². The highest BCUT2D eigenvalue weighted by atomic mass is 16.5. The third-order valence-corrected chi connectivity index (χ3v) is 5.33. The van der Waals surface area contributed by atoms with Crippen molar-refractivity contribution < 1.29 is 9.47 Å². The number of aryl methyl sites for hydroxylation is 1. The molecule has 1 fully saturated rings. The maximum Gasteiger partial charge on any atom is 0.119 e. The lowest BCUT2D eigenvalue weighted by molar-refractivity contribution is -0.0381. The van der Waals surface area contributed by atoms with Gasteiger partial charge in [0.25, 0.3) is 0 Å². The van der Waals surface area contributed by atoms with Gasteiger partial charge in [-0.05, 0) is 49.9 Å². The van der Waals surface area contributed by atoms with E-state index >= 15 is 0 Å². The largest absolute Gasteiger partial charge is 0.494 e. The monoisotopic (exact) mass is 337 g/mol. The second-order valence-corrected chi connectivity index (χ2v) is 7.23. The number of anilines is 1. The molecule has 0 saturated carbocycles. The summed E-state index contributed by atoms with van der Waals surface area (Å²) >= 11 is 0. The molecule has 0 aliphatic carbocycles. The molecule has 132 valence electrons. The van der Waals surface area contributed by atoms with Crippen LogP contribution in [0.3, 0.4) is 0 Å². The molecule has 1 N–H and O–H groups in total. The molecule has 0 amide bonds. The molecule has 3 heteroatoms. The Morgan fingerprint density at radius 3 is 2.80 bits per heavy atom. The van der Waals surface area contributed by atoms with Crippen LogP contribution in [-0.4, -0.2) is 13.2 Å². The molecule has 3 nitrogen and oxygen atoms in total. The molecule has 0 radical (unpaired) electrons. The molecule has 4 rings (SSSR count). The molecule has 3 atom stereocenters. The van der Waals surface area contributed by atoms with Crippen molar-refractivity contribution in [2.24, 2.45) is 5.92 Å². The van der Waals surface area contributed by atoms with E-state index in [1.807, 2.05) is 0 Å². The fraction of sp³-hybridized carbons (Fsp3) is 0.455. The van der Waals surface area contributed by atoms with Crippen molar-refractivity contribution in [3.05, 3.63) is 59.2 Å². The van der Waals surface area contributed by atoms with Crippen LogP contribution < -0.4 is 10.1 Å². The van der Waals surface area contributed by atoms with Crippen molar-refractivity contribution in [1.29, 1.82) is 0 Å². The van der Waals surface area contributed by atoms with Crippen molar-refractivity contribution in [3.8, 4) is 5.75 Å². The number of ether oxygens (including phenoxy) is 2. The molecule has 2 aromatic rings. The summed E-state index contributed by atoms with van der Waals surface area (Å²) in [4.78, 5) is 0. The zero-order chi connectivity index (χ0) is 17.2. The van der Waals surface area contributed by atoms with Gasteiger partial charge in [0, 0.05) is 23.8 Å². The summed E-state index contributed by atoms with van der Waals surface area (Å²) in [7, 11) is 0. The molecule has 2 aliphatic rings. The first-order chi connectivity index (χ1) is 12.3. The van der Waals surface area contributed by atoms with E-state index < -0.39 is 0 Å². The second kappa shape index (κ2) is 7.09. The molecular weight excluding hydrogens is 310 g/mol. The minimum Gasteiger partial charge on any atom is -0.494 e. The van der Waals surface area contributed by atoms with Gasteiger partial charge >= 0.3 is 0 Å². The summed E-state index contributed by atoms with van der Waals surface area (Å²) < 4.78 is 12.0. The second-order valence-electron chi connectivity index (χ2n) is 7.23. The Balaban J connectivity index is 1.64. The van der Waals surface area contributed by atoms with Crippen LogP contribution in [0, 0.1) is 12.8 Å². The van der Waals surface area contributed by atoms with E-state index in [-0.39, 0.29) is 6.10 Å². The summed E-state index contributed by atoms with van der Waals surface area (Å²) in [6, 6.07) is 15.5. The van der Waals surface area contributed by atoms with Gasteiger partial charge in [-0.25, -0.2) is 0 Å². The van der Waals surface area contributed by atoms with Gasteiger partial charge in [0.1, 0.15) is 5.75 Å². The lowest BCUT2D eigenvalue weighted by atomic mass is 9.77. The number of rotatable bonds is 4. The zero-order valence-electron chi connectivity index (χ0n) is 15.1. The van der Waals surface area contributed by atoms with Gasteiger partial charge in [0.15, 0.2) is 0 Å². The maximum atomic E-state index is 6.23. The third-order valence-electron chi connectivity index (χ3n) is 5.33. The molecule has 25 heavy (non-hydrogen) atoms. The van der Waals surface area contributed by atoms with Gasteiger partial charge in [-0.3, -0.25) is 0 Å². The van der Waals surface area contributed by atoms with Crippen LogP contribution in [0.4, 0.5) is 5.69 Å². The van der Waals surface area contributed by atoms with Crippen LogP contribution in [-0.2, 0) is 4.74 Å². The highest BCUT2D eigenvalue weighted by molar-refractivity contribution is 5.58. The normalized spacial score (nSPS) is 24.8. The van der Waals surface area contributed by atoms with Crippen molar-refractivity contribution in [2.45, 2.75) is 45.3 Å². The third kappa shape index (κ3) is 3.25. The molecule has 0 spiro atoms. The van der Waals surface area contributed by atoms with E-state index in [2.05, 4.69) is 61.6 Å². The molecule has 0 unspecified atom stereocenters. The van der Waals surface area contributed by atoms with E-state index in [1.54, 1.807) is 0 Å². The van der Waals surface area contributed by atoms with Crippen LogP contribution in [0.2, 0.25) is 0 Å². The van der Waals surface area contributed by atoms with Crippen LogP contribution in [0.25, 0.3) is 0 Å². The smallest absolute Gasteiger partial charge is 0.119 e. The average molecular weight is 337 g/mol. The first kappa shape index (κ1) is 16.5. The number of hydrogen-bond acceptors (Lipinski definition) is 3.